The average molecular weight is 251 g/mol. The first-order chi connectivity index (χ1) is 8.40. The number of amides is 2. The maximum Gasteiger partial charge on any atom is 0.326 e. The number of carbonyl (C=O) groups excluding carboxylic acids is 2. The monoisotopic (exact) mass is 251 g/mol. The highest BCUT2D eigenvalue weighted by molar-refractivity contribution is 5.97. The minimum absolute atomic E-state index is 0.276. The van der Waals surface area contributed by atoms with Crippen LogP contribution in [0.3, 0.4) is 0 Å². The Morgan fingerprint density at radius 3 is 2.67 bits per heavy atom. The summed E-state index contributed by atoms with van der Waals surface area (Å²) in [5, 5.41) is 11.1. The molecule has 0 saturated carbocycles. The Balaban J connectivity index is 2.78. The smallest absolute Gasteiger partial charge is 0.326 e. The molecule has 0 aliphatic heterocycles. The lowest BCUT2D eigenvalue weighted by Gasteiger charge is -2.12. The van der Waals surface area contributed by atoms with Gasteiger partial charge in [-0.3, -0.25) is 14.6 Å². The summed E-state index contributed by atoms with van der Waals surface area (Å²) in [5.74, 6) is -2.70. The topological polar surface area (TPSA) is 122 Å². The molecular formula is C11H13N3O4. The molecule has 7 nitrogen and oxygen atoms in total. The number of rotatable bonds is 5. The minimum atomic E-state index is -1.33. The zero-order valence-corrected chi connectivity index (χ0v) is 9.71. The van der Waals surface area contributed by atoms with E-state index in [4.69, 9.17) is 10.8 Å². The largest absolute Gasteiger partial charge is 0.480 e. The van der Waals surface area contributed by atoms with E-state index < -0.39 is 30.2 Å². The number of carboxylic acids is 1. The highest BCUT2D eigenvalue weighted by Crippen LogP contribution is 2.02. The van der Waals surface area contributed by atoms with E-state index in [9.17, 15) is 14.4 Å². The molecule has 0 radical (unpaired) electrons. The molecule has 1 atom stereocenters. The molecule has 1 aromatic rings. The third-order valence-electron chi connectivity index (χ3n) is 2.17. The van der Waals surface area contributed by atoms with Crippen molar-refractivity contribution in [2.24, 2.45) is 5.73 Å². The Kier molecular flexibility index (Phi) is 4.36. The second-order valence-electron chi connectivity index (χ2n) is 3.72. The first-order valence-electron chi connectivity index (χ1n) is 5.14. The van der Waals surface area contributed by atoms with Gasteiger partial charge in [0.15, 0.2) is 0 Å². The van der Waals surface area contributed by atoms with Crippen molar-refractivity contribution in [2.75, 3.05) is 0 Å². The molecule has 2 amide bonds. The molecule has 1 rings (SSSR count). The molecule has 96 valence electrons. The van der Waals surface area contributed by atoms with E-state index in [1.54, 1.807) is 6.92 Å². The van der Waals surface area contributed by atoms with Crippen molar-refractivity contribution >= 4 is 17.8 Å². The molecule has 0 aliphatic carbocycles. The number of aromatic nitrogens is 1. The number of nitrogens with zero attached hydrogens (tertiary/aromatic N) is 1. The molecule has 0 aromatic carbocycles. The summed E-state index contributed by atoms with van der Waals surface area (Å²) >= 11 is 0. The molecule has 0 fully saturated rings. The number of aliphatic carboxylic acids is 1. The predicted molar refractivity (Wildman–Crippen MR) is 61.7 cm³/mol. The van der Waals surface area contributed by atoms with E-state index in [-0.39, 0.29) is 5.56 Å². The summed E-state index contributed by atoms with van der Waals surface area (Å²) < 4.78 is 0. The standard InChI is InChI=1S/C11H13N3O4/c1-6-4-7(2-3-13-6)10(16)14-8(11(17)18)5-9(12)15/h2-4,8H,5H2,1H3,(H2,12,15)(H,14,16)(H,17,18)/t8-/m1/s1. The van der Waals surface area contributed by atoms with Crippen LogP contribution in [0, 0.1) is 6.92 Å². The van der Waals surface area contributed by atoms with E-state index in [0.29, 0.717) is 5.69 Å². The van der Waals surface area contributed by atoms with Crippen LogP contribution in [0.2, 0.25) is 0 Å². The molecule has 0 aliphatic rings. The minimum Gasteiger partial charge on any atom is -0.480 e. The first-order valence-corrected chi connectivity index (χ1v) is 5.14. The molecular weight excluding hydrogens is 238 g/mol. The van der Waals surface area contributed by atoms with Crippen LogP contribution in [-0.4, -0.2) is 33.9 Å². The molecule has 4 N–H and O–H groups in total. The first kappa shape index (κ1) is 13.6. The number of primary amides is 1. The molecule has 0 bridgehead atoms. The van der Waals surface area contributed by atoms with Crippen LogP contribution >= 0.6 is 0 Å². The normalized spacial score (nSPS) is 11.6. The number of pyridine rings is 1. The average Bonchev–Trinajstić information content (AvgIpc) is 2.27. The SMILES string of the molecule is Cc1cc(C(=O)N[C@H](CC(N)=O)C(=O)O)ccn1. The number of nitrogens with one attached hydrogen (secondary N) is 1. The summed E-state index contributed by atoms with van der Waals surface area (Å²) in [4.78, 5) is 37.2. The van der Waals surface area contributed by atoms with Crippen LogP contribution in [-0.2, 0) is 9.59 Å². The fourth-order valence-electron chi connectivity index (χ4n) is 1.33. The van der Waals surface area contributed by atoms with Gasteiger partial charge >= 0.3 is 5.97 Å². The summed E-state index contributed by atoms with van der Waals surface area (Å²) in [5.41, 5.74) is 5.81. The lowest BCUT2D eigenvalue weighted by atomic mass is 10.1. The van der Waals surface area contributed by atoms with Gasteiger partial charge in [-0.2, -0.15) is 0 Å². The molecule has 18 heavy (non-hydrogen) atoms. The lowest BCUT2D eigenvalue weighted by molar-refractivity contribution is -0.140. The van der Waals surface area contributed by atoms with Gasteiger partial charge in [0, 0.05) is 17.5 Å². The number of aryl methyl sites for hydroxylation is 1. The van der Waals surface area contributed by atoms with Gasteiger partial charge in [0.25, 0.3) is 5.91 Å². The fraction of sp³-hybridized carbons (Fsp3) is 0.273. The predicted octanol–water partition coefficient (Wildman–Crippen LogP) is -0.552. The molecule has 7 heteroatoms. The molecule has 0 unspecified atom stereocenters. The highest BCUT2D eigenvalue weighted by Gasteiger charge is 2.22. The summed E-state index contributed by atoms with van der Waals surface area (Å²) in [6.07, 6.45) is 0.985. The van der Waals surface area contributed by atoms with Crippen molar-refractivity contribution in [1.29, 1.82) is 0 Å². The molecule has 1 aromatic heterocycles. The second-order valence-corrected chi connectivity index (χ2v) is 3.72. The van der Waals surface area contributed by atoms with E-state index in [1.807, 2.05) is 0 Å². The van der Waals surface area contributed by atoms with Crippen LogP contribution < -0.4 is 11.1 Å². The summed E-state index contributed by atoms with van der Waals surface area (Å²) in [7, 11) is 0. The molecule has 0 saturated heterocycles. The van der Waals surface area contributed by atoms with Crippen molar-refractivity contribution in [3.8, 4) is 0 Å². The Morgan fingerprint density at radius 2 is 2.17 bits per heavy atom. The van der Waals surface area contributed by atoms with Crippen molar-refractivity contribution in [1.82, 2.24) is 10.3 Å². The van der Waals surface area contributed by atoms with Crippen LogP contribution in [0.15, 0.2) is 18.3 Å². The zero-order chi connectivity index (χ0) is 13.7. The third kappa shape index (κ3) is 3.85. The number of hydrogen-bond donors (Lipinski definition) is 3. The van der Waals surface area contributed by atoms with Crippen molar-refractivity contribution in [3.63, 3.8) is 0 Å². The van der Waals surface area contributed by atoms with Gasteiger partial charge in [0.2, 0.25) is 5.91 Å². The van der Waals surface area contributed by atoms with Gasteiger partial charge < -0.3 is 16.2 Å². The number of carboxylic acid groups (broad SMARTS) is 1. The Bertz CT molecular complexity index is 487. The van der Waals surface area contributed by atoms with E-state index in [2.05, 4.69) is 10.3 Å². The van der Waals surface area contributed by atoms with Gasteiger partial charge in [-0.25, -0.2) is 4.79 Å². The molecule has 0 spiro atoms. The Hall–Kier alpha value is -2.44. The Labute approximate surface area is 103 Å². The van der Waals surface area contributed by atoms with Gasteiger partial charge in [0.1, 0.15) is 6.04 Å². The van der Waals surface area contributed by atoms with Gasteiger partial charge in [-0.05, 0) is 19.1 Å². The Morgan fingerprint density at radius 1 is 1.50 bits per heavy atom. The van der Waals surface area contributed by atoms with E-state index >= 15 is 0 Å². The van der Waals surface area contributed by atoms with Crippen LogP contribution in [0.4, 0.5) is 0 Å². The summed E-state index contributed by atoms with van der Waals surface area (Å²) in [6, 6.07) is 1.63. The van der Waals surface area contributed by atoms with Crippen LogP contribution in [0.1, 0.15) is 22.5 Å². The van der Waals surface area contributed by atoms with Crippen LogP contribution in [0.5, 0.6) is 0 Å². The van der Waals surface area contributed by atoms with Crippen molar-refractivity contribution < 1.29 is 19.5 Å². The highest BCUT2D eigenvalue weighted by atomic mass is 16.4. The number of carbonyl (C=O) groups is 3. The van der Waals surface area contributed by atoms with Crippen LogP contribution in [0.25, 0.3) is 0 Å². The fourth-order valence-corrected chi connectivity index (χ4v) is 1.33. The van der Waals surface area contributed by atoms with Gasteiger partial charge in [-0.15, -0.1) is 0 Å². The maximum atomic E-state index is 11.7. The van der Waals surface area contributed by atoms with E-state index in [1.165, 1.54) is 18.3 Å². The van der Waals surface area contributed by atoms with Gasteiger partial charge in [0.05, 0.1) is 6.42 Å². The quantitative estimate of drug-likeness (QED) is 0.648. The zero-order valence-electron chi connectivity index (χ0n) is 9.71. The summed E-state index contributed by atoms with van der Waals surface area (Å²) in [6.45, 7) is 1.70. The number of nitrogens with two attached hydrogens (primary N) is 1. The number of hydrogen-bond acceptors (Lipinski definition) is 4. The van der Waals surface area contributed by atoms with Crippen molar-refractivity contribution in [2.45, 2.75) is 19.4 Å². The molecule has 1 heterocycles. The lowest BCUT2D eigenvalue weighted by Crippen LogP contribution is -2.43. The van der Waals surface area contributed by atoms with Crippen molar-refractivity contribution in [3.05, 3.63) is 29.6 Å². The maximum absolute atomic E-state index is 11.7. The second kappa shape index (κ2) is 5.76. The van der Waals surface area contributed by atoms with Gasteiger partial charge in [-0.1, -0.05) is 0 Å². The third-order valence-corrected chi connectivity index (χ3v) is 2.17. The van der Waals surface area contributed by atoms with E-state index in [0.717, 1.165) is 0 Å².